The first-order chi connectivity index (χ1) is 13.9. The molecule has 3 N–H and O–H groups in total. The molecule has 0 heterocycles. The fourth-order valence-corrected chi connectivity index (χ4v) is 2.91. The molecule has 2 amide bonds. The third kappa shape index (κ3) is 5.23. The Kier molecular flexibility index (Phi) is 6.33. The summed E-state index contributed by atoms with van der Waals surface area (Å²) in [7, 11) is 0. The Morgan fingerprint density at radius 1 is 1.14 bits per heavy atom. The number of nitro benzene ring substituents is 1. The molecular weight excluding hydrogens is 396 g/mol. The SMILES string of the molecule is CCCNC(=O)c1ccc(Cl)cc1NC(=O)c1ccc(NC2CC2)c([N+](=O)[O-])c1. The van der Waals surface area contributed by atoms with Crippen LogP contribution in [0, 0.1) is 10.1 Å². The van der Waals surface area contributed by atoms with Crippen LogP contribution in [0.5, 0.6) is 0 Å². The van der Waals surface area contributed by atoms with E-state index >= 15 is 0 Å². The van der Waals surface area contributed by atoms with Gasteiger partial charge in [-0.25, -0.2) is 0 Å². The van der Waals surface area contributed by atoms with E-state index in [-0.39, 0.29) is 34.5 Å². The zero-order valence-electron chi connectivity index (χ0n) is 15.8. The molecule has 1 fully saturated rings. The van der Waals surface area contributed by atoms with Crippen LogP contribution in [0.3, 0.4) is 0 Å². The van der Waals surface area contributed by atoms with Crippen LogP contribution in [0.15, 0.2) is 36.4 Å². The average molecular weight is 417 g/mol. The van der Waals surface area contributed by atoms with Gasteiger partial charge in [-0.3, -0.25) is 19.7 Å². The van der Waals surface area contributed by atoms with E-state index in [0.29, 0.717) is 17.3 Å². The maximum atomic E-state index is 12.7. The topological polar surface area (TPSA) is 113 Å². The minimum Gasteiger partial charge on any atom is -0.377 e. The quantitative estimate of drug-likeness (QED) is 0.440. The summed E-state index contributed by atoms with van der Waals surface area (Å²) in [6, 6.07) is 9.05. The molecule has 29 heavy (non-hydrogen) atoms. The summed E-state index contributed by atoms with van der Waals surface area (Å²) in [6.45, 7) is 2.43. The molecule has 3 rings (SSSR count). The number of nitrogens with zero attached hydrogens (tertiary/aromatic N) is 1. The van der Waals surface area contributed by atoms with Gasteiger partial charge in [0.15, 0.2) is 0 Å². The predicted octanol–water partition coefficient (Wildman–Crippen LogP) is 4.21. The number of rotatable bonds is 8. The van der Waals surface area contributed by atoms with Gasteiger partial charge in [0.2, 0.25) is 0 Å². The van der Waals surface area contributed by atoms with Gasteiger partial charge in [0.05, 0.1) is 16.2 Å². The fraction of sp³-hybridized carbons (Fsp3) is 0.300. The van der Waals surface area contributed by atoms with Gasteiger partial charge in [-0.2, -0.15) is 0 Å². The molecule has 1 aliphatic rings. The highest BCUT2D eigenvalue weighted by Crippen LogP contribution is 2.32. The molecule has 0 spiro atoms. The molecule has 1 aliphatic carbocycles. The summed E-state index contributed by atoms with van der Waals surface area (Å²) in [5.41, 5.74) is 0.822. The van der Waals surface area contributed by atoms with Crippen LogP contribution < -0.4 is 16.0 Å². The number of hydrogen-bond acceptors (Lipinski definition) is 5. The van der Waals surface area contributed by atoms with Crippen molar-refractivity contribution in [2.45, 2.75) is 32.2 Å². The molecule has 0 atom stereocenters. The van der Waals surface area contributed by atoms with Crippen LogP contribution in [-0.2, 0) is 0 Å². The molecule has 152 valence electrons. The first kappa shape index (κ1) is 20.6. The van der Waals surface area contributed by atoms with E-state index in [1.54, 1.807) is 6.07 Å². The van der Waals surface area contributed by atoms with Crippen molar-refractivity contribution in [3.8, 4) is 0 Å². The van der Waals surface area contributed by atoms with Crippen molar-refractivity contribution in [3.05, 3.63) is 62.7 Å². The summed E-state index contributed by atoms with van der Waals surface area (Å²) >= 11 is 6.02. The standard InChI is InChI=1S/C20H21ClN4O4/c1-2-9-22-20(27)15-7-4-13(21)11-17(15)24-19(26)12-3-8-16(23-14-5-6-14)18(10-12)25(28)29/h3-4,7-8,10-11,14,23H,2,5-6,9H2,1H3,(H,22,27)(H,24,26). The second-order valence-electron chi connectivity index (χ2n) is 6.81. The Hall–Kier alpha value is -3.13. The number of amides is 2. The van der Waals surface area contributed by atoms with Crippen molar-refractivity contribution in [2.75, 3.05) is 17.2 Å². The van der Waals surface area contributed by atoms with Gasteiger partial charge in [-0.1, -0.05) is 18.5 Å². The van der Waals surface area contributed by atoms with Crippen molar-refractivity contribution in [3.63, 3.8) is 0 Å². The van der Waals surface area contributed by atoms with E-state index in [2.05, 4.69) is 16.0 Å². The number of nitrogens with one attached hydrogen (secondary N) is 3. The Morgan fingerprint density at radius 3 is 2.55 bits per heavy atom. The molecule has 1 saturated carbocycles. The van der Waals surface area contributed by atoms with Crippen molar-refractivity contribution in [1.82, 2.24) is 5.32 Å². The molecule has 9 heteroatoms. The molecule has 2 aromatic carbocycles. The number of nitro groups is 1. The van der Waals surface area contributed by atoms with Crippen LogP contribution in [0.25, 0.3) is 0 Å². The van der Waals surface area contributed by atoms with E-state index in [9.17, 15) is 19.7 Å². The maximum Gasteiger partial charge on any atom is 0.293 e. The molecule has 0 saturated heterocycles. The summed E-state index contributed by atoms with van der Waals surface area (Å²) in [5, 5.41) is 20.2. The van der Waals surface area contributed by atoms with E-state index in [1.807, 2.05) is 6.92 Å². The van der Waals surface area contributed by atoms with Crippen LogP contribution >= 0.6 is 11.6 Å². The van der Waals surface area contributed by atoms with Gasteiger partial charge in [0.25, 0.3) is 17.5 Å². The molecule has 2 aromatic rings. The lowest BCUT2D eigenvalue weighted by molar-refractivity contribution is -0.384. The average Bonchev–Trinajstić information content (AvgIpc) is 3.50. The largest absolute Gasteiger partial charge is 0.377 e. The van der Waals surface area contributed by atoms with Crippen LogP contribution in [0.2, 0.25) is 5.02 Å². The maximum absolute atomic E-state index is 12.7. The Labute approximate surface area is 172 Å². The van der Waals surface area contributed by atoms with E-state index in [1.165, 1.54) is 30.3 Å². The lowest BCUT2D eigenvalue weighted by Gasteiger charge is -2.12. The smallest absolute Gasteiger partial charge is 0.293 e. The lowest BCUT2D eigenvalue weighted by atomic mass is 10.1. The first-order valence-corrected chi connectivity index (χ1v) is 9.71. The predicted molar refractivity (Wildman–Crippen MR) is 112 cm³/mol. The highest BCUT2D eigenvalue weighted by molar-refractivity contribution is 6.31. The molecule has 0 unspecified atom stereocenters. The number of carbonyl (C=O) groups is 2. The van der Waals surface area contributed by atoms with E-state index < -0.39 is 10.8 Å². The second-order valence-corrected chi connectivity index (χ2v) is 7.24. The first-order valence-electron chi connectivity index (χ1n) is 9.33. The summed E-state index contributed by atoms with van der Waals surface area (Å²) in [4.78, 5) is 35.9. The van der Waals surface area contributed by atoms with Gasteiger partial charge in [-0.05, 0) is 49.6 Å². The molecule has 0 bridgehead atoms. The normalized spacial score (nSPS) is 12.9. The Bertz CT molecular complexity index is 959. The van der Waals surface area contributed by atoms with Gasteiger partial charge < -0.3 is 16.0 Å². The molecule has 0 aliphatic heterocycles. The highest BCUT2D eigenvalue weighted by Gasteiger charge is 2.26. The number of hydrogen-bond donors (Lipinski definition) is 3. The Morgan fingerprint density at radius 2 is 1.90 bits per heavy atom. The highest BCUT2D eigenvalue weighted by atomic mass is 35.5. The zero-order valence-corrected chi connectivity index (χ0v) is 16.6. The van der Waals surface area contributed by atoms with Crippen LogP contribution in [-0.4, -0.2) is 29.3 Å². The number of halogens is 1. The second kappa shape index (κ2) is 8.91. The molecular formula is C20H21ClN4O4. The minimum atomic E-state index is -0.571. The Balaban J connectivity index is 1.84. The summed E-state index contributed by atoms with van der Waals surface area (Å²) < 4.78 is 0. The van der Waals surface area contributed by atoms with E-state index in [4.69, 9.17) is 11.6 Å². The van der Waals surface area contributed by atoms with Gasteiger partial charge in [-0.15, -0.1) is 0 Å². The van der Waals surface area contributed by atoms with Crippen LogP contribution in [0.4, 0.5) is 17.1 Å². The summed E-state index contributed by atoms with van der Waals surface area (Å²) in [5.74, 6) is -0.911. The minimum absolute atomic E-state index is 0.109. The van der Waals surface area contributed by atoms with Crippen molar-refractivity contribution in [1.29, 1.82) is 0 Å². The molecule has 0 aromatic heterocycles. The summed E-state index contributed by atoms with van der Waals surface area (Å²) in [6.07, 6.45) is 2.71. The third-order valence-corrected chi connectivity index (χ3v) is 4.64. The van der Waals surface area contributed by atoms with Crippen molar-refractivity contribution >= 4 is 40.5 Å². The van der Waals surface area contributed by atoms with Crippen LogP contribution in [0.1, 0.15) is 46.9 Å². The molecule has 8 nitrogen and oxygen atoms in total. The van der Waals surface area contributed by atoms with Gasteiger partial charge >= 0.3 is 0 Å². The third-order valence-electron chi connectivity index (χ3n) is 4.40. The van der Waals surface area contributed by atoms with Gasteiger partial charge in [0.1, 0.15) is 5.69 Å². The molecule has 0 radical (unpaired) electrons. The van der Waals surface area contributed by atoms with E-state index in [0.717, 1.165) is 19.3 Å². The lowest BCUT2D eigenvalue weighted by Crippen LogP contribution is -2.25. The number of anilines is 2. The van der Waals surface area contributed by atoms with Crippen molar-refractivity contribution in [2.24, 2.45) is 0 Å². The fourth-order valence-electron chi connectivity index (χ4n) is 2.74. The monoisotopic (exact) mass is 416 g/mol. The number of benzene rings is 2. The number of carbonyl (C=O) groups excluding carboxylic acids is 2. The van der Waals surface area contributed by atoms with Crippen molar-refractivity contribution < 1.29 is 14.5 Å². The van der Waals surface area contributed by atoms with Gasteiger partial charge in [0, 0.05) is 29.2 Å². The zero-order chi connectivity index (χ0) is 21.0.